The van der Waals surface area contributed by atoms with E-state index < -0.39 is 128 Å². The normalized spacial score (nSPS) is 57.6. The van der Waals surface area contributed by atoms with Crippen LogP contribution < -0.4 is 0 Å². The number of aliphatic hydroxyl groups excluding tert-OH is 9. The minimum atomic E-state index is -1.87. The summed E-state index contributed by atoms with van der Waals surface area (Å²) < 4.78 is 51.2. The van der Waals surface area contributed by atoms with Crippen molar-refractivity contribution in [2.75, 3.05) is 19.8 Å². The molecule has 9 fully saturated rings. The van der Waals surface area contributed by atoms with Gasteiger partial charge in [0.05, 0.1) is 43.7 Å². The summed E-state index contributed by atoms with van der Waals surface area (Å²) in [5.74, 6) is -0.197. The van der Waals surface area contributed by atoms with Crippen molar-refractivity contribution in [2.24, 2.45) is 45.3 Å². The molecule has 9 aliphatic rings. The summed E-state index contributed by atoms with van der Waals surface area (Å²) in [5.41, 5.74) is -0.685. The van der Waals surface area contributed by atoms with Crippen LogP contribution in [0.25, 0.3) is 0 Å². The van der Waals surface area contributed by atoms with Gasteiger partial charge in [-0.2, -0.15) is 0 Å². The molecule has 5 saturated heterocycles. The smallest absolute Gasteiger partial charge is 0.187 e. The van der Waals surface area contributed by atoms with Crippen molar-refractivity contribution in [3.05, 3.63) is 11.6 Å². The first kappa shape index (κ1) is 50.0. The molecular weight excluding hydrogens is 865 g/mol. The molecule has 2 spiro atoms. The molecule has 0 radical (unpaired) electrons. The molecule has 5 aliphatic heterocycles. The molecule has 378 valence electrons. The Morgan fingerprint density at radius 1 is 0.667 bits per heavy atom. The average Bonchev–Trinajstić information content (AvgIpc) is 3.77. The van der Waals surface area contributed by atoms with Gasteiger partial charge in [0.15, 0.2) is 24.7 Å². The zero-order valence-corrected chi connectivity index (χ0v) is 39.7. The van der Waals surface area contributed by atoms with Crippen molar-refractivity contribution in [1.29, 1.82) is 0 Å². The van der Waals surface area contributed by atoms with Crippen molar-refractivity contribution in [3.8, 4) is 0 Å². The number of ether oxygens (including phenoxy) is 8. The summed E-state index contributed by atoms with van der Waals surface area (Å²) in [5, 5.41) is 109. The predicted molar refractivity (Wildman–Crippen MR) is 229 cm³/mol. The number of aliphatic hydroxyl groups is 10. The molecule has 66 heavy (non-hydrogen) atoms. The van der Waals surface area contributed by atoms with Crippen molar-refractivity contribution in [3.63, 3.8) is 0 Å². The van der Waals surface area contributed by atoms with Gasteiger partial charge in [-0.05, 0) is 100 Å². The van der Waals surface area contributed by atoms with Gasteiger partial charge in [-0.3, -0.25) is 0 Å². The fraction of sp³-hybridized carbons (Fsp3) is 0.958. The molecule has 9 rings (SSSR count). The predicted octanol–water partition coefficient (Wildman–Crippen LogP) is 0.355. The Morgan fingerprint density at radius 3 is 1.95 bits per heavy atom. The van der Waals surface area contributed by atoms with Gasteiger partial charge in [0.1, 0.15) is 67.1 Å². The Morgan fingerprint density at radius 2 is 1.29 bits per heavy atom. The quantitative estimate of drug-likeness (QED) is 0.110. The second-order valence-electron chi connectivity index (χ2n) is 23.4. The van der Waals surface area contributed by atoms with Crippen LogP contribution in [-0.4, -0.2) is 187 Å². The lowest BCUT2D eigenvalue weighted by atomic mass is 9.35. The van der Waals surface area contributed by atoms with Crippen LogP contribution >= 0.6 is 0 Å². The monoisotopic (exact) mass is 943 g/mol. The molecule has 18 heteroatoms. The maximum atomic E-state index is 12.2. The van der Waals surface area contributed by atoms with E-state index in [1.807, 2.05) is 6.92 Å². The number of hydrogen-bond acceptors (Lipinski definition) is 18. The largest absolute Gasteiger partial charge is 0.394 e. The topological polar surface area (TPSA) is 276 Å². The minimum Gasteiger partial charge on any atom is -0.394 e. The maximum absolute atomic E-state index is 12.2. The molecule has 5 heterocycles. The van der Waals surface area contributed by atoms with Gasteiger partial charge in [-0.25, -0.2) is 0 Å². The first-order valence-corrected chi connectivity index (χ1v) is 24.5. The van der Waals surface area contributed by atoms with Crippen LogP contribution in [0, 0.1) is 45.3 Å². The van der Waals surface area contributed by atoms with Crippen LogP contribution in [0.4, 0.5) is 0 Å². The summed E-state index contributed by atoms with van der Waals surface area (Å²) >= 11 is 0. The van der Waals surface area contributed by atoms with E-state index in [1.165, 1.54) is 6.92 Å². The molecule has 10 N–H and O–H groups in total. The van der Waals surface area contributed by atoms with Crippen molar-refractivity contribution < 1.29 is 89.0 Å². The number of fused-ring (bicyclic) bond motifs is 4. The summed E-state index contributed by atoms with van der Waals surface area (Å²) in [4.78, 5) is 0. The van der Waals surface area contributed by atoms with Crippen LogP contribution in [0.3, 0.4) is 0 Å². The SMILES string of the molecule is CC(C)=C[C@H]1CC(C)(O)C2C3CC[C@@H]4[C@@]5(C)CC[C@H](O[C@@H]6O[C@H](CO)[C@@H](O)[C@H](O[C@@H]7O[C@H](CO)[C@@H](O)[C@H](O)[C@H]7O)[C@H]6O[C@@H]6O[C@@H](C)[C@H](O)[C@@H](O)[C@H]6O)C(C)(C)C5CC[C@@]4(C)[C@@]34CO[C@@]2(C4)O1. The molecule has 4 aliphatic carbocycles. The molecule has 26 atom stereocenters. The highest BCUT2D eigenvalue weighted by molar-refractivity contribution is 5.26. The van der Waals surface area contributed by atoms with E-state index in [4.69, 9.17) is 37.9 Å². The van der Waals surface area contributed by atoms with Crippen molar-refractivity contribution >= 4 is 0 Å². The third-order valence-corrected chi connectivity index (χ3v) is 19.1. The summed E-state index contributed by atoms with van der Waals surface area (Å²) in [6.45, 7) is 16.1. The zero-order chi connectivity index (χ0) is 47.8. The third-order valence-electron chi connectivity index (χ3n) is 19.1. The highest BCUT2D eigenvalue weighted by Crippen LogP contribution is 2.80. The molecule has 0 aromatic heterocycles. The molecule has 2 bridgehead atoms. The number of allylic oxidation sites excluding steroid dienone is 1. The van der Waals surface area contributed by atoms with E-state index >= 15 is 0 Å². The van der Waals surface area contributed by atoms with Gasteiger partial charge in [-0.1, -0.05) is 39.3 Å². The van der Waals surface area contributed by atoms with E-state index in [1.54, 1.807) is 0 Å². The standard InChI is InChI=1S/C48H78O18/c1-21(2)15-23-16-46(8,58)39-24-9-10-28-44(6)13-12-29(43(4,5)27(44)11-14-45(28,7)47(24)19-48(39,66-23)59-20-47)63-42-38(65-40-35(56)33(54)30(51)22(3)60-40)37(32(53)26(18-50)62-42)64-41-36(57)34(55)31(52)25(17-49)61-41/h15,22-42,49-58H,9-14,16-20H2,1-8H3/t22-,23-,24?,25+,26+,27?,28+,29-,30-,31+,32+,33+,34-,35+,36+,37-,38+,39?,40-,41-,42-,44-,45+,46?,47-,48-/m0/s1. The van der Waals surface area contributed by atoms with E-state index in [9.17, 15) is 51.1 Å². The average molecular weight is 943 g/mol. The van der Waals surface area contributed by atoms with Gasteiger partial charge in [0, 0.05) is 24.2 Å². The lowest BCUT2D eigenvalue weighted by Gasteiger charge is -2.70. The van der Waals surface area contributed by atoms with E-state index in [0.717, 1.165) is 44.1 Å². The first-order chi connectivity index (χ1) is 30.9. The Bertz CT molecular complexity index is 1790. The van der Waals surface area contributed by atoms with E-state index in [0.29, 0.717) is 25.4 Å². The Balaban J connectivity index is 0.996. The zero-order valence-electron chi connectivity index (χ0n) is 39.7. The Labute approximate surface area is 387 Å². The highest BCUT2D eigenvalue weighted by atomic mass is 16.8. The first-order valence-electron chi connectivity index (χ1n) is 24.5. The van der Waals surface area contributed by atoms with Gasteiger partial charge >= 0.3 is 0 Å². The molecule has 0 amide bonds. The Kier molecular flexibility index (Phi) is 13.1. The van der Waals surface area contributed by atoms with Crippen LogP contribution in [-0.2, 0) is 37.9 Å². The summed E-state index contributed by atoms with van der Waals surface area (Å²) in [7, 11) is 0. The number of rotatable bonds is 9. The van der Waals surface area contributed by atoms with Gasteiger partial charge in [0.25, 0.3) is 0 Å². The fourth-order valence-electron chi connectivity index (χ4n) is 16.0. The third kappa shape index (κ3) is 7.48. The second kappa shape index (κ2) is 17.4. The Hall–Kier alpha value is -0.980. The van der Waals surface area contributed by atoms with Gasteiger partial charge in [-0.15, -0.1) is 0 Å². The van der Waals surface area contributed by atoms with Gasteiger partial charge in [0.2, 0.25) is 0 Å². The van der Waals surface area contributed by atoms with Crippen LogP contribution in [0.2, 0.25) is 0 Å². The summed E-state index contributed by atoms with van der Waals surface area (Å²) in [6.07, 6.45) is -15.6. The van der Waals surface area contributed by atoms with Crippen LogP contribution in [0.15, 0.2) is 11.6 Å². The maximum Gasteiger partial charge on any atom is 0.187 e. The van der Waals surface area contributed by atoms with E-state index in [-0.39, 0.29) is 40.1 Å². The minimum absolute atomic E-state index is 0.0990. The molecule has 4 unspecified atom stereocenters. The van der Waals surface area contributed by atoms with E-state index in [2.05, 4.69) is 47.6 Å². The highest BCUT2D eigenvalue weighted by Gasteiger charge is 2.81. The molecule has 18 nitrogen and oxygen atoms in total. The number of hydrogen-bond donors (Lipinski definition) is 10. The lowest BCUT2D eigenvalue weighted by molar-refractivity contribution is -0.398. The van der Waals surface area contributed by atoms with Crippen LogP contribution in [0.1, 0.15) is 107 Å². The van der Waals surface area contributed by atoms with Crippen LogP contribution in [0.5, 0.6) is 0 Å². The van der Waals surface area contributed by atoms with Gasteiger partial charge < -0.3 is 89.0 Å². The van der Waals surface area contributed by atoms with Crippen molar-refractivity contribution in [2.45, 2.75) is 222 Å². The lowest BCUT2D eigenvalue weighted by Crippen LogP contribution is -2.68. The molecular formula is C48H78O18. The fourth-order valence-corrected chi connectivity index (χ4v) is 16.0. The summed E-state index contributed by atoms with van der Waals surface area (Å²) in [6, 6.07) is 0. The van der Waals surface area contributed by atoms with Crippen molar-refractivity contribution in [1.82, 2.24) is 0 Å². The molecule has 4 saturated carbocycles. The second-order valence-corrected chi connectivity index (χ2v) is 23.4. The molecule has 0 aromatic carbocycles. The molecule has 0 aromatic rings.